The normalized spacial score (nSPS) is 16.9. The number of thiocarbonyl (C=S) groups is 1. The van der Waals surface area contributed by atoms with Gasteiger partial charge in [0.2, 0.25) is 0 Å². The van der Waals surface area contributed by atoms with Crippen molar-refractivity contribution in [3.8, 4) is 0 Å². The fraction of sp³-hybridized carbons (Fsp3) is 0.250. The number of nitrogens with one attached hydrogen (secondary N) is 1. The first-order valence-corrected chi connectivity index (χ1v) is 9.94. The van der Waals surface area contributed by atoms with Crippen LogP contribution < -0.4 is 10.2 Å². The first-order chi connectivity index (χ1) is 13.0. The van der Waals surface area contributed by atoms with Crippen molar-refractivity contribution in [2.45, 2.75) is 24.6 Å². The molecule has 2 atom stereocenters. The van der Waals surface area contributed by atoms with E-state index in [-0.39, 0.29) is 12.4 Å². The number of carbonyl (C=O) groups is 2. The number of hydrogen-bond acceptors (Lipinski definition) is 6. The zero-order chi connectivity index (χ0) is 19.4. The number of anilines is 2. The van der Waals surface area contributed by atoms with Crippen molar-refractivity contribution in [3.63, 3.8) is 0 Å². The van der Waals surface area contributed by atoms with Crippen molar-refractivity contribution < 1.29 is 14.3 Å². The van der Waals surface area contributed by atoms with Gasteiger partial charge in [0.25, 0.3) is 0 Å². The number of fused-ring (bicyclic) bond motifs is 1. The molecule has 0 saturated carbocycles. The molecular weight excluding hydrogens is 380 g/mol. The summed E-state index contributed by atoms with van der Waals surface area (Å²) in [5.41, 5.74) is 2.24. The highest BCUT2D eigenvalue weighted by Gasteiger charge is 2.36. The van der Waals surface area contributed by atoms with E-state index in [0.29, 0.717) is 4.99 Å². The summed E-state index contributed by atoms with van der Waals surface area (Å²) >= 11 is 6.94. The second-order valence-corrected chi connectivity index (χ2v) is 7.51. The van der Waals surface area contributed by atoms with Crippen molar-refractivity contribution >= 4 is 52.1 Å². The smallest absolute Gasteiger partial charge is 0.326 e. The summed E-state index contributed by atoms with van der Waals surface area (Å²) in [5, 5.41) is 2.47. The Morgan fingerprint density at radius 1 is 1.19 bits per heavy atom. The predicted molar refractivity (Wildman–Crippen MR) is 113 cm³/mol. The Labute approximate surface area is 168 Å². The lowest BCUT2D eigenvalue weighted by molar-refractivity contribution is -0.144. The number of nitrogens with zero attached hydrogens (tertiary/aromatic N) is 1. The summed E-state index contributed by atoms with van der Waals surface area (Å²) in [7, 11) is 0. The van der Waals surface area contributed by atoms with E-state index >= 15 is 0 Å². The van der Waals surface area contributed by atoms with E-state index in [9.17, 15) is 9.59 Å². The Morgan fingerprint density at radius 3 is 2.52 bits per heavy atom. The summed E-state index contributed by atoms with van der Waals surface area (Å²) in [4.78, 5) is 27.0. The fourth-order valence-corrected chi connectivity index (χ4v) is 4.46. The lowest BCUT2D eigenvalue weighted by Crippen LogP contribution is -2.48. The molecule has 140 valence electrons. The quantitative estimate of drug-likeness (QED) is 0.449. The Kier molecular flexibility index (Phi) is 6.13. The molecule has 0 aromatic heterocycles. The van der Waals surface area contributed by atoms with Gasteiger partial charge in [0.05, 0.1) is 6.61 Å². The standard InChI is InChI=1S/C20H20N2O3S2/c1-3-25-19(24)17(13(2)23)27-20-21-16-12-8-7-11-15(16)18(26)22(20)14-9-5-4-6-10-14/h4-12,17,20-21H,3H2,1-2H3. The molecule has 0 fully saturated rings. The minimum absolute atomic E-state index is 0.227. The van der Waals surface area contributed by atoms with Gasteiger partial charge >= 0.3 is 5.97 Å². The summed E-state index contributed by atoms with van der Waals surface area (Å²) < 4.78 is 5.08. The van der Waals surface area contributed by atoms with Crippen molar-refractivity contribution in [2.24, 2.45) is 0 Å². The molecule has 2 aromatic carbocycles. The van der Waals surface area contributed by atoms with Gasteiger partial charge in [0.1, 0.15) is 4.99 Å². The van der Waals surface area contributed by atoms with Crippen LogP contribution in [0.3, 0.4) is 0 Å². The van der Waals surface area contributed by atoms with Gasteiger partial charge < -0.3 is 15.0 Å². The summed E-state index contributed by atoms with van der Waals surface area (Å²) in [5.74, 6) is -0.785. The Morgan fingerprint density at radius 2 is 1.85 bits per heavy atom. The van der Waals surface area contributed by atoms with E-state index < -0.39 is 16.7 Å². The average molecular weight is 401 g/mol. The molecule has 0 aliphatic carbocycles. The van der Waals surface area contributed by atoms with Crippen molar-refractivity contribution in [2.75, 3.05) is 16.8 Å². The molecular formula is C20H20N2O3S2. The van der Waals surface area contributed by atoms with Crippen LogP contribution in [0, 0.1) is 0 Å². The van der Waals surface area contributed by atoms with E-state index in [1.807, 2.05) is 59.5 Å². The zero-order valence-electron chi connectivity index (χ0n) is 15.0. The van der Waals surface area contributed by atoms with Crippen LogP contribution in [0.1, 0.15) is 19.4 Å². The van der Waals surface area contributed by atoms with Gasteiger partial charge in [-0.25, -0.2) is 0 Å². The van der Waals surface area contributed by atoms with Crippen LogP contribution in [-0.2, 0) is 14.3 Å². The number of para-hydroxylation sites is 2. The zero-order valence-corrected chi connectivity index (χ0v) is 16.7. The fourth-order valence-electron chi connectivity index (χ4n) is 2.83. The van der Waals surface area contributed by atoms with Crippen LogP contribution in [0.15, 0.2) is 54.6 Å². The van der Waals surface area contributed by atoms with E-state index in [1.165, 1.54) is 18.7 Å². The molecule has 1 N–H and O–H groups in total. The first kappa shape index (κ1) is 19.4. The summed E-state index contributed by atoms with van der Waals surface area (Å²) in [6.45, 7) is 3.35. The third kappa shape index (κ3) is 4.14. The summed E-state index contributed by atoms with van der Waals surface area (Å²) in [6.07, 6.45) is 0. The lowest BCUT2D eigenvalue weighted by Gasteiger charge is -2.40. The highest BCUT2D eigenvalue weighted by atomic mass is 32.2. The van der Waals surface area contributed by atoms with E-state index in [1.54, 1.807) is 6.92 Å². The SMILES string of the molecule is CCOC(=O)C(SC1Nc2ccccc2C(=S)N1c1ccccc1)C(C)=O. The lowest BCUT2D eigenvalue weighted by atomic mass is 10.1. The Hall–Kier alpha value is -2.38. The minimum Gasteiger partial charge on any atom is -0.465 e. The molecule has 0 spiro atoms. The molecule has 1 heterocycles. The number of rotatable bonds is 6. The molecule has 1 aliphatic rings. The van der Waals surface area contributed by atoms with Gasteiger partial charge in [-0.05, 0) is 38.1 Å². The second kappa shape index (κ2) is 8.54. The van der Waals surface area contributed by atoms with Crippen molar-refractivity contribution in [3.05, 3.63) is 60.2 Å². The molecule has 0 bridgehead atoms. The van der Waals surface area contributed by atoms with Crippen molar-refractivity contribution in [1.29, 1.82) is 0 Å². The average Bonchev–Trinajstić information content (AvgIpc) is 2.67. The molecule has 0 saturated heterocycles. The topological polar surface area (TPSA) is 58.6 Å². The van der Waals surface area contributed by atoms with Crippen LogP contribution in [0.4, 0.5) is 11.4 Å². The molecule has 5 nitrogen and oxygen atoms in total. The minimum atomic E-state index is -0.929. The molecule has 3 rings (SSSR count). The number of benzene rings is 2. The van der Waals surface area contributed by atoms with Crippen LogP contribution in [-0.4, -0.2) is 34.1 Å². The van der Waals surface area contributed by atoms with Gasteiger partial charge in [-0.2, -0.15) is 0 Å². The highest BCUT2D eigenvalue weighted by Crippen LogP contribution is 2.36. The summed E-state index contributed by atoms with van der Waals surface area (Å²) in [6, 6.07) is 17.4. The van der Waals surface area contributed by atoms with E-state index in [0.717, 1.165) is 16.9 Å². The van der Waals surface area contributed by atoms with Gasteiger partial charge in [-0.1, -0.05) is 54.3 Å². The van der Waals surface area contributed by atoms with Gasteiger partial charge in [0, 0.05) is 16.9 Å². The molecule has 0 radical (unpaired) electrons. The maximum absolute atomic E-state index is 12.3. The predicted octanol–water partition coefficient (Wildman–Crippen LogP) is 3.83. The van der Waals surface area contributed by atoms with E-state index in [4.69, 9.17) is 17.0 Å². The monoisotopic (exact) mass is 400 g/mol. The number of ether oxygens (including phenoxy) is 1. The van der Waals surface area contributed by atoms with Crippen LogP contribution in [0.5, 0.6) is 0 Å². The van der Waals surface area contributed by atoms with E-state index in [2.05, 4.69) is 5.32 Å². The van der Waals surface area contributed by atoms with Crippen LogP contribution in [0.2, 0.25) is 0 Å². The molecule has 27 heavy (non-hydrogen) atoms. The molecule has 2 aromatic rings. The second-order valence-electron chi connectivity index (χ2n) is 5.93. The molecule has 2 unspecified atom stereocenters. The van der Waals surface area contributed by atoms with Gasteiger partial charge in [-0.3, -0.25) is 9.59 Å². The third-order valence-corrected chi connectivity index (χ3v) is 5.86. The maximum atomic E-state index is 12.3. The van der Waals surface area contributed by atoms with Crippen molar-refractivity contribution in [1.82, 2.24) is 0 Å². The Bertz CT molecular complexity index is 857. The molecule has 7 heteroatoms. The number of ketones is 1. The number of hydrogen-bond donors (Lipinski definition) is 1. The van der Waals surface area contributed by atoms with Gasteiger partial charge in [-0.15, -0.1) is 0 Å². The number of thioether (sulfide) groups is 1. The number of esters is 1. The van der Waals surface area contributed by atoms with Gasteiger partial charge in [0.15, 0.2) is 16.5 Å². The largest absolute Gasteiger partial charge is 0.465 e. The first-order valence-electron chi connectivity index (χ1n) is 8.59. The Balaban J connectivity index is 1.98. The molecule has 0 amide bonds. The maximum Gasteiger partial charge on any atom is 0.326 e. The number of Topliss-reactive ketones (excluding diaryl/α,β-unsaturated/α-hetero) is 1. The third-order valence-electron chi connectivity index (χ3n) is 4.06. The number of carbonyl (C=O) groups excluding carboxylic acids is 2. The molecule has 1 aliphatic heterocycles. The highest BCUT2D eigenvalue weighted by molar-refractivity contribution is 8.02. The van der Waals surface area contributed by atoms with Crippen LogP contribution in [0.25, 0.3) is 0 Å². The van der Waals surface area contributed by atoms with Crippen LogP contribution >= 0.6 is 24.0 Å².